The third kappa shape index (κ3) is 5.15. The number of amides is 1. The molecule has 2 aromatic rings. The smallest absolute Gasteiger partial charge is 0.410 e. The molecule has 0 aliphatic carbocycles. The Bertz CT molecular complexity index is 847. The summed E-state index contributed by atoms with van der Waals surface area (Å²) in [5, 5.41) is 3.30. The van der Waals surface area contributed by atoms with Crippen LogP contribution in [0.15, 0.2) is 22.6 Å². The Labute approximate surface area is 164 Å². The van der Waals surface area contributed by atoms with Crippen LogP contribution in [0.1, 0.15) is 39.2 Å². The van der Waals surface area contributed by atoms with Crippen LogP contribution >= 0.6 is 0 Å². The van der Waals surface area contributed by atoms with Crippen molar-refractivity contribution in [1.29, 1.82) is 0 Å². The van der Waals surface area contributed by atoms with Crippen LogP contribution in [0.2, 0.25) is 0 Å². The average Bonchev–Trinajstić information content (AvgIpc) is 3.02. The van der Waals surface area contributed by atoms with Crippen LogP contribution in [-0.2, 0) is 20.7 Å². The number of hydrogen-bond acceptors (Lipinski definition) is 7. The summed E-state index contributed by atoms with van der Waals surface area (Å²) in [6.07, 6.45) is 1.49. The molecule has 0 unspecified atom stereocenters. The van der Waals surface area contributed by atoms with Gasteiger partial charge in [0.05, 0.1) is 13.5 Å². The van der Waals surface area contributed by atoms with E-state index < -0.39 is 5.60 Å². The normalized spacial score (nSPS) is 15.5. The van der Waals surface area contributed by atoms with Gasteiger partial charge in [0.1, 0.15) is 11.1 Å². The third-order valence-corrected chi connectivity index (χ3v) is 4.50. The van der Waals surface area contributed by atoms with Gasteiger partial charge in [-0.05, 0) is 51.3 Å². The van der Waals surface area contributed by atoms with E-state index in [2.05, 4.69) is 10.3 Å². The lowest BCUT2D eigenvalue weighted by Gasteiger charge is -2.33. The highest BCUT2D eigenvalue weighted by Crippen LogP contribution is 2.23. The number of hydrogen-bond donors (Lipinski definition) is 1. The summed E-state index contributed by atoms with van der Waals surface area (Å²) in [4.78, 5) is 29.8. The number of fused-ring (bicyclic) bond motifs is 1. The second kappa shape index (κ2) is 8.08. The van der Waals surface area contributed by atoms with Crippen LogP contribution in [0, 0.1) is 0 Å². The van der Waals surface area contributed by atoms with E-state index in [4.69, 9.17) is 13.9 Å². The van der Waals surface area contributed by atoms with Gasteiger partial charge in [-0.3, -0.25) is 4.79 Å². The van der Waals surface area contributed by atoms with Crippen LogP contribution in [0.5, 0.6) is 0 Å². The Kier molecular flexibility index (Phi) is 5.76. The molecule has 152 valence electrons. The zero-order chi connectivity index (χ0) is 20.3. The molecule has 1 N–H and O–H groups in total. The molecule has 0 atom stereocenters. The number of carbonyl (C=O) groups is 2. The highest BCUT2D eigenvalue weighted by Gasteiger charge is 2.27. The predicted molar refractivity (Wildman–Crippen MR) is 104 cm³/mol. The lowest BCUT2D eigenvalue weighted by atomic mass is 10.1. The van der Waals surface area contributed by atoms with E-state index >= 15 is 0 Å². The SMILES string of the molecule is COC(=O)Cc1ccc2oc(NC3CCN(C(=O)OC(C)(C)C)CC3)nc2c1. The Morgan fingerprint density at radius 3 is 2.64 bits per heavy atom. The number of carbonyl (C=O) groups excluding carboxylic acids is 2. The van der Waals surface area contributed by atoms with Gasteiger partial charge >= 0.3 is 12.1 Å². The molecule has 3 rings (SSSR count). The van der Waals surface area contributed by atoms with Crippen molar-refractivity contribution < 1.29 is 23.5 Å². The molecule has 0 bridgehead atoms. The standard InChI is InChI=1S/C20H27N3O5/c1-20(2,3)28-19(25)23-9-7-14(8-10-23)21-18-22-15-11-13(12-17(24)26-4)5-6-16(15)27-18/h5-6,11,14H,7-10,12H2,1-4H3,(H,21,22). The summed E-state index contributed by atoms with van der Waals surface area (Å²) in [6.45, 7) is 6.83. The minimum absolute atomic E-state index is 0.168. The van der Waals surface area contributed by atoms with Crippen molar-refractivity contribution in [3.05, 3.63) is 23.8 Å². The molecule has 1 aliphatic heterocycles. The molecular formula is C20H27N3O5. The van der Waals surface area contributed by atoms with Gasteiger partial charge in [0, 0.05) is 19.1 Å². The lowest BCUT2D eigenvalue weighted by molar-refractivity contribution is -0.139. The third-order valence-electron chi connectivity index (χ3n) is 4.50. The minimum Gasteiger partial charge on any atom is -0.469 e. The van der Waals surface area contributed by atoms with E-state index in [1.807, 2.05) is 32.9 Å². The quantitative estimate of drug-likeness (QED) is 0.801. The fourth-order valence-corrected chi connectivity index (χ4v) is 3.09. The van der Waals surface area contributed by atoms with E-state index in [9.17, 15) is 9.59 Å². The lowest BCUT2D eigenvalue weighted by Crippen LogP contribution is -2.44. The molecule has 0 saturated carbocycles. The van der Waals surface area contributed by atoms with E-state index in [0.717, 1.165) is 18.4 Å². The van der Waals surface area contributed by atoms with Gasteiger partial charge in [0.2, 0.25) is 0 Å². The highest BCUT2D eigenvalue weighted by molar-refractivity contribution is 5.78. The van der Waals surface area contributed by atoms with Crippen molar-refractivity contribution >= 4 is 29.2 Å². The fraction of sp³-hybridized carbons (Fsp3) is 0.550. The Hall–Kier alpha value is -2.77. The number of nitrogens with zero attached hydrogens (tertiary/aromatic N) is 2. The number of benzene rings is 1. The van der Waals surface area contributed by atoms with Crippen molar-refractivity contribution in [2.24, 2.45) is 0 Å². The second-order valence-corrected chi connectivity index (χ2v) is 7.96. The number of methoxy groups -OCH3 is 1. The number of anilines is 1. The van der Waals surface area contributed by atoms with Gasteiger partial charge in [-0.1, -0.05) is 6.07 Å². The molecule has 0 radical (unpaired) electrons. The van der Waals surface area contributed by atoms with Crippen molar-refractivity contribution in [3.8, 4) is 0 Å². The molecule has 28 heavy (non-hydrogen) atoms. The molecule has 1 fully saturated rings. The first-order chi connectivity index (χ1) is 13.2. The van der Waals surface area contributed by atoms with Crippen molar-refractivity contribution in [2.75, 3.05) is 25.5 Å². The van der Waals surface area contributed by atoms with Gasteiger partial charge < -0.3 is 24.1 Å². The molecule has 8 nitrogen and oxygen atoms in total. The molecule has 1 saturated heterocycles. The van der Waals surface area contributed by atoms with E-state index in [1.165, 1.54) is 7.11 Å². The summed E-state index contributed by atoms with van der Waals surface area (Å²) in [7, 11) is 1.37. The molecule has 1 aromatic carbocycles. The number of likely N-dealkylation sites (tertiary alicyclic amines) is 1. The minimum atomic E-state index is -0.489. The Morgan fingerprint density at radius 1 is 1.29 bits per heavy atom. The van der Waals surface area contributed by atoms with E-state index in [1.54, 1.807) is 11.0 Å². The van der Waals surface area contributed by atoms with Crippen LogP contribution in [0.3, 0.4) is 0 Å². The number of ether oxygens (including phenoxy) is 2. The number of oxazole rings is 1. The van der Waals surface area contributed by atoms with Crippen LogP contribution in [-0.4, -0.2) is 53.8 Å². The van der Waals surface area contributed by atoms with Crippen LogP contribution < -0.4 is 5.32 Å². The van der Waals surface area contributed by atoms with Gasteiger partial charge in [-0.25, -0.2) is 4.79 Å². The van der Waals surface area contributed by atoms with Crippen molar-refractivity contribution in [3.63, 3.8) is 0 Å². The van der Waals surface area contributed by atoms with Gasteiger partial charge in [0.25, 0.3) is 6.01 Å². The molecular weight excluding hydrogens is 362 g/mol. The number of rotatable bonds is 4. The van der Waals surface area contributed by atoms with Gasteiger partial charge in [-0.2, -0.15) is 4.98 Å². The summed E-state index contributed by atoms with van der Waals surface area (Å²) in [5.41, 5.74) is 1.68. The molecule has 8 heteroatoms. The summed E-state index contributed by atoms with van der Waals surface area (Å²) < 4.78 is 15.9. The average molecular weight is 389 g/mol. The van der Waals surface area contributed by atoms with E-state index in [0.29, 0.717) is 30.2 Å². The fourth-order valence-electron chi connectivity index (χ4n) is 3.09. The van der Waals surface area contributed by atoms with Crippen molar-refractivity contribution in [1.82, 2.24) is 9.88 Å². The van der Waals surface area contributed by atoms with Gasteiger partial charge in [0.15, 0.2) is 5.58 Å². The summed E-state index contributed by atoms with van der Waals surface area (Å²) >= 11 is 0. The maximum atomic E-state index is 12.1. The van der Waals surface area contributed by atoms with Gasteiger partial charge in [-0.15, -0.1) is 0 Å². The molecule has 2 heterocycles. The highest BCUT2D eigenvalue weighted by atomic mass is 16.6. The number of aromatic nitrogens is 1. The monoisotopic (exact) mass is 389 g/mol. The molecule has 0 spiro atoms. The maximum Gasteiger partial charge on any atom is 0.410 e. The van der Waals surface area contributed by atoms with E-state index in [-0.39, 0.29) is 24.5 Å². The predicted octanol–water partition coefficient (Wildman–Crippen LogP) is 3.35. The van der Waals surface area contributed by atoms with Crippen molar-refractivity contribution in [2.45, 2.75) is 51.7 Å². The summed E-state index contributed by atoms with van der Waals surface area (Å²) in [6, 6.07) is 6.07. The maximum absolute atomic E-state index is 12.1. The molecule has 1 amide bonds. The summed E-state index contributed by atoms with van der Waals surface area (Å²) in [5.74, 6) is -0.294. The number of esters is 1. The Morgan fingerprint density at radius 2 is 2.00 bits per heavy atom. The molecule has 1 aromatic heterocycles. The molecule has 1 aliphatic rings. The zero-order valence-electron chi connectivity index (χ0n) is 16.8. The first kappa shape index (κ1) is 20.0. The topological polar surface area (TPSA) is 93.9 Å². The largest absolute Gasteiger partial charge is 0.469 e. The zero-order valence-corrected chi connectivity index (χ0v) is 16.8. The van der Waals surface area contributed by atoms with Crippen LogP contribution in [0.25, 0.3) is 11.1 Å². The second-order valence-electron chi connectivity index (χ2n) is 7.96. The Balaban J connectivity index is 1.57. The van der Waals surface area contributed by atoms with Crippen LogP contribution in [0.4, 0.5) is 10.8 Å². The number of piperidine rings is 1. The first-order valence-corrected chi connectivity index (χ1v) is 9.44. The first-order valence-electron chi connectivity index (χ1n) is 9.44. The number of nitrogens with one attached hydrogen (secondary N) is 1.